The maximum absolute atomic E-state index is 5.92. The van der Waals surface area contributed by atoms with E-state index in [1.54, 1.807) is 0 Å². The number of piperidine rings is 1. The molecule has 1 aromatic rings. The van der Waals surface area contributed by atoms with Gasteiger partial charge in [0.1, 0.15) is 12.7 Å². The van der Waals surface area contributed by atoms with E-state index in [0.717, 1.165) is 24.7 Å². The van der Waals surface area contributed by atoms with Crippen LogP contribution in [-0.2, 0) is 0 Å². The Morgan fingerprint density at radius 1 is 1.11 bits per heavy atom. The van der Waals surface area contributed by atoms with E-state index < -0.39 is 0 Å². The molecule has 0 saturated carbocycles. The number of nitrogens with one attached hydrogen (secondary N) is 1. The maximum Gasteiger partial charge on any atom is 0.161 e. The number of ether oxygens (including phenoxy) is 2. The van der Waals surface area contributed by atoms with Gasteiger partial charge in [-0.1, -0.05) is 18.6 Å². The summed E-state index contributed by atoms with van der Waals surface area (Å²) in [5, 5.41) is 3.48. The lowest BCUT2D eigenvalue weighted by molar-refractivity contribution is 0.0851. The molecule has 4 heteroatoms. The van der Waals surface area contributed by atoms with Gasteiger partial charge < -0.3 is 14.8 Å². The summed E-state index contributed by atoms with van der Waals surface area (Å²) in [6.07, 6.45) is 4.16. The Morgan fingerprint density at radius 3 is 2.74 bits per heavy atom. The Labute approximate surface area is 114 Å². The summed E-state index contributed by atoms with van der Waals surface area (Å²) >= 11 is 0. The summed E-state index contributed by atoms with van der Waals surface area (Å²) in [7, 11) is 0. The van der Waals surface area contributed by atoms with Crippen molar-refractivity contribution in [2.75, 3.05) is 32.9 Å². The Morgan fingerprint density at radius 2 is 1.89 bits per heavy atom. The molecule has 0 aliphatic carbocycles. The summed E-state index contributed by atoms with van der Waals surface area (Å²) < 4.78 is 11.6. The number of hydrogen-bond acceptors (Lipinski definition) is 4. The molecule has 1 N–H and O–H groups in total. The van der Waals surface area contributed by atoms with E-state index in [1.165, 1.54) is 32.4 Å². The van der Waals surface area contributed by atoms with Gasteiger partial charge in [0.25, 0.3) is 0 Å². The largest absolute Gasteiger partial charge is 0.486 e. The minimum Gasteiger partial charge on any atom is -0.486 e. The van der Waals surface area contributed by atoms with Gasteiger partial charge in [0.2, 0.25) is 0 Å². The summed E-state index contributed by atoms with van der Waals surface area (Å²) in [5.74, 6) is 1.72. The smallest absolute Gasteiger partial charge is 0.161 e. The minimum absolute atomic E-state index is 0.111. The molecular weight excluding hydrogens is 240 g/mol. The molecule has 104 valence electrons. The van der Waals surface area contributed by atoms with Gasteiger partial charge in [-0.2, -0.15) is 0 Å². The first-order valence-electron chi connectivity index (χ1n) is 7.23. The fourth-order valence-corrected chi connectivity index (χ4v) is 2.66. The Kier molecular flexibility index (Phi) is 4.20. The standard InChI is InChI=1S/C15H22N2O2/c1-4-8-17(9-5-1)12-16-10-13-11-18-14-6-2-3-7-15(14)19-13/h2-3,6-7,13,16H,1,4-5,8-12H2. The van der Waals surface area contributed by atoms with E-state index in [-0.39, 0.29) is 6.10 Å². The molecule has 19 heavy (non-hydrogen) atoms. The highest BCUT2D eigenvalue weighted by Crippen LogP contribution is 2.30. The van der Waals surface area contributed by atoms with Gasteiger partial charge in [-0.15, -0.1) is 0 Å². The van der Waals surface area contributed by atoms with Crippen molar-refractivity contribution in [2.24, 2.45) is 0 Å². The number of rotatable bonds is 4. The Hall–Kier alpha value is -1.26. The van der Waals surface area contributed by atoms with Crippen molar-refractivity contribution in [1.82, 2.24) is 10.2 Å². The van der Waals surface area contributed by atoms with E-state index >= 15 is 0 Å². The van der Waals surface area contributed by atoms with Crippen LogP contribution >= 0.6 is 0 Å². The van der Waals surface area contributed by atoms with Crippen molar-refractivity contribution in [3.63, 3.8) is 0 Å². The van der Waals surface area contributed by atoms with Crippen LogP contribution < -0.4 is 14.8 Å². The van der Waals surface area contributed by atoms with Gasteiger partial charge in [0.15, 0.2) is 11.5 Å². The molecule has 2 aliphatic heterocycles. The molecule has 0 radical (unpaired) electrons. The van der Waals surface area contributed by atoms with E-state index in [2.05, 4.69) is 10.2 Å². The van der Waals surface area contributed by atoms with Crippen LogP contribution in [0.1, 0.15) is 19.3 Å². The second-order valence-corrected chi connectivity index (χ2v) is 5.29. The van der Waals surface area contributed by atoms with Crippen LogP contribution in [0.4, 0.5) is 0 Å². The molecule has 4 nitrogen and oxygen atoms in total. The first kappa shape index (κ1) is 12.8. The van der Waals surface area contributed by atoms with Crippen LogP contribution in [0.15, 0.2) is 24.3 Å². The maximum atomic E-state index is 5.92. The molecule has 2 heterocycles. The lowest BCUT2D eigenvalue weighted by atomic mass is 10.1. The molecule has 0 amide bonds. The van der Waals surface area contributed by atoms with E-state index in [4.69, 9.17) is 9.47 Å². The highest BCUT2D eigenvalue weighted by atomic mass is 16.6. The van der Waals surface area contributed by atoms with Crippen molar-refractivity contribution in [3.8, 4) is 11.5 Å². The van der Waals surface area contributed by atoms with Gasteiger partial charge in [0, 0.05) is 13.2 Å². The lowest BCUT2D eigenvalue weighted by Gasteiger charge is -2.29. The minimum atomic E-state index is 0.111. The molecule has 1 unspecified atom stereocenters. The zero-order chi connectivity index (χ0) is 12.9. The molecular formula is C15H22N2O2. The number of fused-ring (bicyclic) bond motifs is 1. The summed E-state index contributed by atoms with van der Waals surface area (Å²) in [4.78, 5) is 2.47. The van der Waals surface area contributed by atoms with Crippen molar-refractivity contribution >= 4 is 0 Å². The third-order valence-electron chi connectivity index (χ3n) is 3.72. The number of benzene rings is 1. The fraction of sp³-hybridized carbons (Fsp3) is 0.600. The quantitative estimate of drug-likeness (QED) is 0.898. The molecule has 2 aliphatic rings. The second kappa shape index (κ2) is 6.26. The van der Waals surface area contributed by atoms with E-state index in [0.29, 0.717) is 6.61 Å². The number of hydrogen-bond donors (Lipinski definition) is 1. The van der Waals surface area contributed by atoms with Crippen molar-refractivity contribution in [2.45, 2.75) is 25.4 Å². The predicted octanol–water partition coefficient (Wildman–Crippen LogP) is 1.86. The van der Waals surface area contributed by atoms with Gasteiger partial charge in [-0.25, -0.2) is 0 Å². The topological polar surface area (TPSA) is 33.7 Å². The second-order valence-electron chi connectivity index (χ2n) is 5.29. The zero-order valence-corrected chi connectivity index (χ0v) is 11.3. The molecule has 1 atom stereocenters. The third kappa shape index (κ3) is 3.39. The highest BCUT2D eigenvalue weighted by molar-refractivity contribution is 5.40. The Bertz CT molecular complexity index is 405. The summed E-state index contributed by atoms with van der Waals surface area (Å²) in [5.41, 5.74) is 0. The van der Waals surface area contributed by atoms with Crippen LogP contribution in [0.5, 0.6) is 11.5 Å². The lowest BCUT2D eigenvalue weighted by Crippen LogP contribution is -2.44. The summed E-state index contributed by atoms with van der Waals surface area (Å²) in [6.45, 7) is 4.87. The fourth-order valence-electron chi connectivity index (χ4n) is 2.66. The Balaban J connectivity index is 1.42. The molecule has 0 spiro atoms. The summed E-state index contributed by atoms with van der Waals surface area (Å²) in [6, 6.07) is 7.86. The van der Waals surface area contributed by atoms with E-state index in [1.807, 2.05) is 24.3 Å². The SMILES string of the molecule is c1ccc2c(c1)OCC(CNCN1CCCCC1)O2. The van der Waals surface area contributed by atoms with Gasteiger partial charge in [-0.05, 0) is 38.1 Å². The molecule has 1 saturated heterocycles. The predicted molar refractivity (Wildman–Crippen MR) is 74.6 cm³/mol. The third-order valence-corrected chi connectivity index (χ3v) is 3.72. The molecule has 1 fully saturated rings. The van der Waals surface area contributed by atoms with Crippen molar-refractivity contribution in [1.29, 1.82) is 0 Å². The van der Waals surface area contributed by atoms with Gasteiger partial charge in [0.05, 0.1) is 0 Å². The van der Waals surface area contributed by atoms with Crippen LogP contribution in [0.2, 0.25) is 0 Å². The first-order valence-corrected chi connectivity index (χ1v) is 7.23. The van der Waals surface area contributed by atoms with Crippen LogP contribution in [0.3, 0.4) is 0 Å². The first-order chi connectivity index (χ1) is 9.42. The van der Waals surface area contributed by atoms with Crippen LogP contribution in [-0.4, -0.2) is 43.9 Å². The van der Waals surface area contributed by atoms with Gasteiger partial charge >= 0.3 is 0 Å². The van der Waals surface area contributed by atoms with Crippen molar-refractivity contribution in [3.05, 3.63) is 24.3 Å². The number of para-hydroxylation sites is 2. The van der Waals surface area contributed by atoms with Crippen molar-refractivity contribution < 1.29 is 9.47 Å². The molecule has 0 aromatic heterocycles. The van der Waals surface area contributed by atoms with Crippen LogP contribution in [0, 0.1) is 0 Å². The monoisotopic (exact) mass is 262 g/mol. The molecule has 1 aromatic carbocycles. The average Bonchev–Trinajstić information content (AvgIpc) is 2.48. The zero-order valence-electron chi connectivity index (χ0n) is 11.3. The van der Waals surface area contributed by atoms with E-state index in [9.17, 15) is 0 Å². The highest BCUT2D eigenvalue weighted by Gasteiger charge is 2.20. The molecule has 3 rings (SSSR count). The average molecular weight is 262 g/mol. The number of likely N-dealkylation sites (tertiary alicyclic amines) is 1. The van der Waals surface area contributed by atoms with Gasteiger partial charge in [-0.3, -0.25) is 4.90 Å². The molecule has 0 bridgehead atoms. The normalized spacial score (nSPS) is 23.3. The number of nitrogens with zero attached hydrogens (tertiary/aromatic N) is 1. The van der Waals surface area contributed by atoms with Crippen LogP contribution in [0.25, 0.3) is 0 Å².